The summed E-state index contributed by atoms with van der Waals surface area (Å²) in [5.74, 6) is 0.575. The average Bonchev–Trinajstić information content (AvgIpc) is 2.36. The van der Waals surface area contributed by atoms with E-state index in [1.165, 1.54) is 0 Å². The van der Waals surface area contributed by atoms with Crippen LogP contribution in [0.3, 0.4) is 0 Å². The first-order valence-corrected chi connectivity index (χ1v) is 7.64. The maximum Gasteiger partial charge on any atom is 0.260 e. The maximum atomic E-state index is 12.1. The Morgan fingerprint density at radius 3 is 2.70 bits per heavy atom. The third-order valence-electron chi connectivity index (χ3n) is 3.02. The number of carbonyl (C=O) groups excluding carboxylic acids is 1. The van der Waals surface area contributed by atoms with Crippen LogP contribution in [0, 0.1) is 0 Å². The average molecular weight is 363 g/mol. The highest BCUT2D eigenvalue weighted by Crippen LogP contribution is 2.28. The number of nitrogens with zero attached hydrogens (tertiary/aromatic N) is 1. The van der Waals surface area contributed by atoms with Gasteiger partial charge in [0.2, 0.25) is 0 Å². The Kier molecular flexibility index (Phi) is 5.29. The molecule has 2 atom stereocenters. The number of amides is 1. The van der Waals surface area contributed by atoms with Gasteiger partial charge in [0.15, 0.2) is 6.61 Å². The second-order valence-electron chi connectivity index (χ2n) is 4.92. The van der Waals surface area contributed by atoms with Gasteiger partial charge in [0.25, 0.3) is 5.91 Å². The molecule has 0 radical (unpaired) electrons. The van der Waals surface area contributed by atoms with Crippen LogP contribution in [0.1, 0.15) is 13.8 Å². The van der Waals surface area contributed by atoms with Gasteiger partial charge in [-0.1, -0.05) is 11.6 Å². The Labute approximate surface area is 132 Å². The van der Waals surface area contributed by atoms with Gasteiger partial charge < -0.3 is 14.4 Å². The van der Waals surface area contributed by atoms with Crippen molar-refractivity contribution in [2.75, 3.05) is 19.7 Å². The lowest BCUT2D eigenvalue weighted by molar-refractivity contribution is -0.145. The van der Waals surface area contributed by atoms with E-state index in [2.05, 4.69) is 15.9 Å². The Hall–Kier alpha value is -0.780. The van der Waals surface area contributed by atoms with E-state index in [0.717, 1.165) is 4.47 Å². The molecule has 0 spiro atoms. The molecule has 1 heterocycles. The van der Waals surface area contributed by atoms with Gasteiger partial charge in [-0.2, -0.15) is 0 Å². The van der Waals surface area contributed by atoms with E-state index in [4.69, 9.17) is 21.1 Å². The second kappa shape index (κ2) is 6.78. The molecule has 20 heavy (non-hydrogen) atoms. The van der Waals surface area contributed by atoms with Crippen LogP contribution in [-0.4, -0.2) is 42.7 Å². The van der Waals surface area contributed by atoms with Crippen LogP contribution in [0.2, 0.25) is 5.02 Å². The van der Waals surface area contributed by atoms with E-state index in [9.17, 15) is 4.79 Å². The smallest absolute Gasteiger partial charge is 0.260 e. The molecule has 0 saturated carbocycles. The maximum absolute atomic E-state index is 12.1. The molecule has 1 aliphatic heterocycles. The molecular weight excluding hydrogens is 346 g/mol. The Morgan fingerprint density at radius 1 is 1.45 bits per heavy atom. The van der Waals surface area contributed by atoms with Crippen LogP contribution >= 0.6 is 27.5 Å². The summed E-state index contributed by atoms with van der Waals surface area (Å²) in [6.07, 6.45) is 0.120. The molecule has 0 unspecified atom stereocenters. The van der Waals surface area contributed by atoms with Crippen molar-refractivity contribution in [3.8, 4) is 5.75 Å². The van der Waals surface area contributed by atoms with E-state index in [1.54, 1.807) is 23.1 Å². The quantitative estimate of drug-likeness (QED) is 0.829. The molecule has 0 bridgehead atoms. The van der Waals surface area contributed by atoms with Gasteiger partial charge in [-0.05, 0) is 48.0 Å². The van der Waals surface area contributed by atoms with Gasteiger partial charge in [-0.15, -0.1) is 0 Å². The summed E-state index contributed by atoms with van der Waals surface area (Å²) in [5.41, 5.74) is 0. The summed E-state index contributed by atoms with van der Waals surface area (Å²) in [4.78, 5) is 13.9. The zero-order valence-electron chi connectivity index (χ0n) is 11.4. The number of carbonyl (C=O) groups is 1. The third kappa shape index (κ3) is 4.11. The number of morpholine rings is 1. The summed E-state index contributed by atoms with van der Waals surface area (Å²) < 4.78 is 11.9. The van der Waals surface area contributed by atoms with Crippen LogP contribution in [0.15, 0.2) is 22.7 Å². The monoisotopic (exact) mass is 361 g/mol. The zero-order chi connectivity index (χ0) is 14.7. The molecule has 4 nitrogen and oxygen atoms in total. The van der Waals surface area contributed by atoms with Crippen LogP contribution in [0.25, 0.3) is 0 Å². The largest absolute Gasteiger partial charge is 0.483 e. The van der Waals surface area contributed by atoms with Crippen molar-refractivity contribution < 1.29 is 14.3 Å². The molecule has 1 saturated heterocycles. The molecule has 0 N–H and O–H groups in total. The first kappa shape index (κ1) is 15.6. The number of halogens is 2. The van der Waals surface area contributed by atoms with E-state index < -0.39 is 0 Å². The fourth-order valence-electron chi connectivity index (χ4n) is 2.20. The van der Waals surface area contributed by atoms with Gasteiger partial charge in [-0.3, -0.25) is 4.79 Å². The number of hydrogen-bond acceptors (Lipinski definition) is 3. The molecular formula is C14H17BrClNO3. The van der Waals surface area contributed by atoms with Crippen LogP contribution < -0.4 is 4.74 Å². The highest BCUT2D eigenvalue weighted by molar-refractivity contribution is 9.10. The van der Waals surface area contributed by atoms with Crippen LogP contribution in [0.5, 0.6) is 5.75 Å². The number of rotatable bonds is 3. The lowest BCUT2D eigenvalue weighted by Crippen LogP contribution is -2.49. The van der Waals surface area contributed by atoms with Crippen molar-refractivity contribution in [2.24, 2.45) is 0 Å². The van der Waals surface area contributed by atoms with Crippen LogP contribution in [0.4, 0.5) is 0 Å². The van der Waals surface area contributed by atoms with Gasteiger partial charge in [-0.25, -0.2) is 0 Å². The van der Waals surface area contributed by atoms with Crippen molar-refractivity contribution >= 4 is 33.4 Å². The minimum Gasteiger partial charge on any atom is -0.483 e. The first-order valence-electron chi connectivity index (χ1n) is 6.47. The van der Waals surface area contributed by atoms with E-state index >= 15 is 0 Å². The summed E-state index contributed by atoms with van der Waals surface area (Å²) in [6, 6.07) is 5.20. The predicted molar refractivity (Wildman–Crippen MR) is 81.2 cm³/mol. The van der Waals surface area contributed by atoms with Crippen molar-refractivity contribution in [3.05, 3.63) is 27.7 Å². The van der Waals surface area contributed by atoms with E-state index in [0.29, 0.717) is 23.9 Å². The second-order valence-corrected chi connectivity index (χ2v) is 6.21. The minimum atomic E-state index is -0.0335. The highest BCUT2D eigenvalue weighted by Gasteiger charge is 2.26. The van der Waals surface area contributed by atoms with Crippen molar-refractivity contribution in [1.29, 1.82) is 0 Å². The topological polar surface area (TPSA) is 38.8 Å². The summed E-state index contributed by atoms with van der Waals surface area (Å²) in [7, 11) is 0. The normalized spacial score (nSPS) is 22.7. The fourth-order valence-corrected chi connectivity index (χ4v) is 3.00. The molecule has 1 aliphatic rings. The summed E-state index contributed by atoms with van der Waals surface area (Å²) in [5, 5.41) is 0.617. The predicted octanol–water partition coefficient (Wildman–Crippen LogP) is 3.12. The standard InChI is InChI=1S/C14H17BrClNO3/c1-9-6-17(7-10(2)20-9)14(18)8-19-13-4-3-11(16)5-12(13)15/h3-5,9-10H,6-8H2,1-2H3/t9-,10-/m1/s1. The van der Waals surface area contributed by atoms with Crippen molar-refractivity contribution in [2.45, 2.75) is 26.1 Å². The molecule has 0 aromatic heterocycles. The van der Waals surface area contributed by atoms with Gasteiger partial charge in [0.1, 0.15) is 5.75 Å². The van der Waals surface area contributed by atoms with E-state index in [1.807, 2.05) is 13.8 Å². The SMILES string of the molecule is C[C@@H]1CN(C(=O)COc2ccc(Cl)cc2Br)C[C@@H](C)O1. The number of hydrogen-bond donors (Lipinski definition) is 0. The lowest BCUT2D eigenvalue weighted by atomic mass is 10.2. The molecule has 1 fully saturated rings. The highest BCUT2D eigenvalue weighted by atomic mass is 79.9. The molecule has 1 aromatic rings. The molecule has 1 amide bonds. The Bertz CT molecular complexity index is 487. The third-order valence-corrected chi connectivity index (χ3v) is 3.87. The molecule has 0 aliphatic carbocycles. The fraction of sp³-hybridized carbons (Fsp3) is 0.500. The molecule has 1 aromatic carbocycles. The summed E-state index contributed by atoms with van der Waals surface area (Å²) in [6.45, 7) is 5.15. The minimum absolute atomic E-state index is 0.0136. The first-order chi connectivity index (χ1) is 9.45. The van der Waals surface area contributed by atoms with Crippen molar-refractivity contribution in [1.82, 2.24) is 4.90 Å². The van der Waals surface area contributed by atoms with Gasteiger partial charge in [0.05, 0.1) is 16.7 Å². The lowest BCUT2D eigenvalue weighted by Gasteiger charge is -2.35. The molecule has 2 rings (SSSR count). The Balaban J connectivity index is 1.91. The van der Waals surface area contributed by atoms with Crippen LogP contribution in [-0.2, 0) is 9.53 Å². The zero-order valence-corrected chi connectivity index (χ0v) is 13.8. The van der Waals surface area contributed by atoms with Crippen molar-refractivity contribution in [3.63, 3.8) is 0 Å². The summed E-state index contributed by atoms with van der Waals surface area (Å²) >= 11 is 9.22. The number of ether oxygens (including phenoxy) is 2. The molecule has 6 heteroatoms. The molecule has 110 valence electrons. The Morgan fingerprint density at radius 2 is 2.10 bits per heavy atom. The van der Waals surface area contributed by atoms with Gasteiger partial charge >= 0.3 is 0 Å². The van der Waals surface area contributed by atoms with Gasteiger partial charge in [0, 0.05) is 18.1 Å². The van der Waals surface area contributed by atoms with E-state index in [-0.39, 0.29) is 24.7 Å². The number of benzene rings is 1.